The Kier molecular flexibility index (Phi) is 4.37. The zero-order valence-corrected chi connectivity index (χ0v) is 14.3. The van der Waals surface area contributed by atoms with Gasteiger partial charge in [0, 0.05) is 6.54 Å². The van der Waals surface area contributed by atoms with E-state index in [0.29, 0.717) is 22.7 Å². The minimum atomic E-state index is -0.943. The molecule has 2 aromatic carbocycles. The Bertz CT molecular complexity index is 927. The summed E-state index contributed by atoms with van der Waals surface area (Å²) in [5.41, 5.74) is 1.65. The van der Waals surface area contributed by atoms with E-state index in [-0.39, 0.29) is 25.7 Å². The van der Waals surface area contributed by atoms with Crippen molar-refractivity contribution in [2.75, 3.05) is 12.1 Å². The molecule has 8 nitrogen and oxygen atoms in total. The lowest BCUT2D eigenvalue weighted by atomic mass is 10.1. The van der Waals surface area contributed by atoms with Crippen LogP contribution in [0.5, 0.6) is 11.5 Å². The molecular formula is C19H17N3O5. The first-order valence-electron chi connectivity index (χ1n) is 8.46. The van der Waals surface area contributed by atoms with Gasteiger partial charge in [0.1, 0.15) is 6.04 Å². The van der Waals surface area contributed by atoms with Gasteiger partial charge in [0.25, 0.3) is 5.91 Å². The smallest absolute Gasteiger partial charge is 0.254 e. The Hall–Kier alpha value is -3.55. The molecule has 27 heavy (non-hydrogen) atoms. The van der Waals surface area contributed by atoms with E-state index in [1.807, 2.05) is 6.07 Å². The quantitative estimate of drug-likeness (QED) is 0.752. The van der Waals surface area contributed by atoms with Crippen LogP contribution in [0.25, 0.3) is 0 Å². The van der Waals surface area contributed by atoms with Crippen LogP contribution < -0.4 is 25.4 Å². The summed E-state index contributed by atoms with van der Waals surface area (Å²) in [5, 5.41) is 8.02. The summed E-state index contributed by atoms with van der Waals surface area (Å²) in [6, 6.07) is 11.2. The van der Waals surface area contributed by atoms with Crippen molar-refractivity contribution in [2.45, 2.75) is 19.0 Å². The molecule has 0 aliphatic carbocycles. The lowest BCUT2D eigenvalue weighted by Gasteiger charge is -2.14. The number of amides is 3. The molecule has 1 atom stereocenters. The molecule has 2 aliphatic rings. The molecule has 0 saturated heterocycles. The average molecular weight is 367 g/mol. The topological polar surface area (TPSA) is 106 Å². The molecular weight excluding hydrogens is 350 g/mol. The third-order valence-electron chi connectivity index (χ3n) is 4.37. The summed E-state index contributed by atoms with van der Waals surface area (Å²) in [5.74, 6) is 0.139. The molecule has 3 amide bonds. The third kappa shape index (κ3) is 3.55. The van der Waals surface area contributed by atoms with E-state index in [2.05, 4.69) is 16.0 Å². The van der Waals surface area contributed by atoms with Crippen molar-refractivity contribution in [1.82, 2.24) is 10.6 Å². The number of nitrogens with one attached hydrogen (secondary N) is 3. The Labute approximate surface area is 154 Å². The third-order valence-corrected chi connectivity index (χ3v) is 4.37. The van der Waals surface area contributed by atoms with Gasteiger partial charge in [-0.25, -0.2) is 0 Å². The first-order chi connectivity index (χ1) is 13.1. The van der Waals surface area contributed by atoms with Gasteiger partial charge in [0.05, 0.1) is 17.7 Å². The van der Waals surface area contributed by atoms with Gasteiger partial charge in [-0.05, 0) is 29.8 Å². The largest absolute Gasteiger partial charge is 0.454 e. The van der Waals surface area contributed by atoms with Crippen LogP contribution in [0.1, 0.15) is 22.3 Å². The molecule has 2 heterocycles. The number of ether oxygens (including phenoxy) is 2. The van der Waals surface area contributed by atoms with Gasteiger partial charge in [0.2, 0.25) is 18.6 Å². The van der Waals surface area contributed by atoms with E-state index >= 15 is 0 Å². The zero-order chi connectivity index (χ0) is 18.8. The van der Waals surface area contributed by atoms with Crippen molar-refractivity contribution >= 4 is 23.4 Å². The predicted octanol–water partition coefficient (Wildman–Crippen LogP) is 1.17. The molecule has 2 aliphatic heterocycles. The first-order valence-corrected chi connectivity index (χ1v) is 8.46. The van der Waals surface area contributed by atoms with E-state index in [1.165, 1.54) is 0 Å². The van der Waals surface area contributed by atoms with Gasteiger partial charge in [-0.3, -0.25) is 14.4 Å². The predicted molar refractivity (Wildman–Crippen MR) is 95.4 cm³/mol. The molecule has 0 spiro atoms. The lowest BCUT2D eigenvalue weighted by Crippen LogP contribution is -2.44. The van der Waals surface area contributed by atoms with E-state index in [1.54, 1.807) is 36.4 Å². The molecule has 4 rings (SSSR count). The van der Waals surface area contributed by atoms with Crippen LogP contribution in [0.4, 0.5) is 5.69 Å². The maximum atomic E-state index is 12.3. The van der Waals surface area contributed by atoms with Crippen LogP contribution in [0, 0.1) is 0 Å². The van der Waals surface area contributed by atoms with Gasteiger partial charge in [-0.1, -0.05) is 18.2 Å². The van der Waals surface area contributed by atoms with E-state index < -0.39 is 17.9 Å². The van der Waals surface area contributed by atoms with Crippen molar-refractivity contribution in [1.29, 1.82) is 0 Å². The first kappa shape index (κ1) is 16.9. The minimum Gasteiger partial charge on any atom is -0.454 e. The van der Waals surface area contributed by atoms with Crippen LogP contribution in [-0.2, 0) is 16.1 Å². The molecule has 3 N–H and O–H groups in total. The molecule has 2 aromatic rings. The molecule has 0 aromatic heterocycles. The number of rotatable bonds is 4. The van der Waals surface area contributed by atoms with Crippen molar-refractivity contribution in [3.8, 4) is 11.5 Å². The second-order valence-corrected chi connectivity index (χ2v) is 6.23. The monoisotopic (exact) mass is 367 g/mol. The molecule has 8 heteroatoms. The van der Waals surface area contributed by atoms with Crippen LogP contribution >= 0.6 is 0 Å². The van der Waals surface area contributed by atoms with E-state index in [0.717, 1.165) is 5.56 Å². The van der Waals surface area contributed by atoms with Gasteiger partial charge >= 0.3 is 0 Å². The van der Waals surface area contributed by atoms with Crippen LogP contribution in [-0.4, -0.2) is 30.6 Å². The highest BCUT2D eigenvalue weighted by atomic mass is 16.7. The molecule has 0 bridgehead atoms. The van der Waals surface area contributed by atoms with Gasteiger partial charge in [-0.15, -0.1) is 0 Å². The Morgan fingerprint density at radius 1 is 1.11 bits per heavy atom. The normalized spacial score (nSPS) is 17.4. The fourth-order valence-corrected chi connectivity index (χ4v) is 2.96. The number of benzene rings is 2. The SMILES string of the molecule is O=C(CC1NC(=O)c2ccccc2NC1=O)NCc1ccc2c(c1)OCO2. The molecule has 0 saturated carbocycles. The number of carbonyl (C=O) groups is 3. The van der Waals surface area contributed by atoms with Crippen LogP contribution in [0.2, 0.25) is 0 Å². The maximum Gasteiger partial charge on any atom is 0.254 e. The Morgan fingerprint density at radius 3 is 2.81 bits per heavy atom. The summed E-state index contributed by atoms with van der Waals surface area (Å²) in [4.78, 5) is 36.9. The summed E-state index contributed by atoms with van der Waals surface area (Å²) < 4.78 is 10.5. The number of hydrogen-bond donors (Lipinski definition) is 3. The summed E-state index contributed by atoms with van der Waals surface area (Å²) in [7, 11) is 0. The van der Waals surface area contributed by atoms with Crippen molar-refractivity contribution in [3.63, 3.8) is 0 Å². The highest BCUT2D eigenvalue weighted by Gasteiger charge is 2.29. The highest BCUT2D eigenvalue weighted by molar-refractivity contribution is 6.10. The number of hydrogen-bond acceptors (Lipinski definition) is 5. The van der Waals surface area contributed by atoms with Crippen molar-refractivity contribution < 1.29 is 23.9 Å². The number of para-hydroxylation sites is 1. The summed E-state index contributed by atoms with van der Waals surface area (Å²) >= 11 is 0. The number of carbonyl (C=O) groups excluding carboxylic acids is 3. The number of anilines is 1. The summed E-state index contributed by atoms with van der Waals surface area (Å²) in [6.45, 7) is 0.460. The van der Waals surface area contributed by atoms with Gasteiger partial charge < -0.3 is 25.4 Å². The molecule has 0 radical (unpaired) electrons. The molecule has 1 unspecified atom stereocenters. The zero-order valence-electron chi connectivity index (χ0n) is 14.3. The second kappa shape index (κ2) is 6.99. The fourth-order valence-electron chi connectivity index (χ4n) is 2.96. The lowest BCUT2D eigenvalue weighted by molar-refractivity contribution is -0.125. The second-order valence-electron chi connectivity index (χ2n) is 6.23. The average Bonchev–Trinajstić information content (AvgIpc) is 3.09. The number of fused-ring (bicyclic) bond motifs is 2. The fraction of sp³-hybridized carbons (Fsp3) is 0.211. The van der Waals surface area contributed by atoms with Crippen LogP contribution in [0.3, 0.4) is 0 Å². The van der Waals surface area contributed by atoms with Crippen molar-refractivity contribution in [2.24, 2.45) is 0 Å². The molecule has 0 fully saturated rings. The Morgan fingerprint density at radius 2 is 1.93 bits per heavy atom. The van der Waals surface area contributed by atoms with Gasteiger partial charge in [-0.2, -0.15) is 0 Å². The minimum absolute atomic E-state index is 0.157. The Balaban J connectivity index is 1.37. The van der Waals surface area contributed by atoms with E-state index in [4.69, 9.17) is 9.47 Å². The highest BCUT2D eigenvalue weighted by Crippen LogP contribution is 2.32. The molecule has 138 valence electrons. The van der Waals surface area contributed by atoms with Gasteiger partial charge in [0.15, 0.2) is 11.5 Å². The standard InChI is InChI=1S/C19H17N3O5/c23-17(20-9-11-5-6-15-16(7-11)27-10-26-15)8-14-19(25)21-13-4-2-1-3-12(13)18(24)22-14/h1-7,14H,8-10H2,(H,20,23)(H,21,25)(H,22,24). The van der Waals surface area contributed by atoms with E-state index in [9.17, 15) is 14.4 Å². The summed E-state index contributed by atoms with van der Waals surface area (Å²) in [6.07, 6.45) is -0.157. The maximum absolute atomic E-state index is 12.3. The van der Waals surface area contributed by atoms with Crippen LogP contribution in [0.15, 0.2) is 42.5 Å². The van der Waals surface area contributed by atoms with Crippen molar-refractivity contribution in [3.05, 3.63) is 53.6 Å².